The van der Waals surface area contributed by atoms with Gasteiger partial charge in [-0.1, -0.05) is 84.7 Å². The third kappa shape index (κ3) is 12.8. The van der Waals surface area contributed by atoms with Crippen molar-refractivity contribution in [3.63, 3.8) is 0 Å². The Labute approximate surface area is 256 Å². The highest BCUT2D eigenvalue weighted by molar-refractivity contribution is 6.38. The number of nitrogens with one attached hydrogen (secondary N) is 4. The molecule has 1 aromatic carbocycles. The Balaban J connectivity index is 2.12. The van der Waals surface area contributed by atoms with Gasteiger partial charge in [-0.05, 0) is 29.7 Å². The number of ketones is 1. The fourth-order valence-corrected chi connectivity index (χ4v) is 4.78. The number of carbonyl (C=O) groups excluding carboxylic acids is 5. The molecule has 1 aromatic rings. The Hall–Kier alpha value is -3.31. The van der Waals surface area contributed by atoms with Crippen molar-refractivity contribution in [2.75, 3.05) is 32.8 Å². The Morgan fingerprint density at radius 3 is 2.12 bits per heavy atom. The molecule has 3 atom stereocenters. The molecule has 1 aliphatic rings. The number of benzene rings is 1. The van der Waals surface area contributed by atoms with Gasteiger partial charge in [0.2, 0.25) is 23.5 Å². The number of hydrogen-bond donors (Lipinski definition) is 4. The summed E-state index contributed by atoms with van der Waals surface area (Å²) >= 11 is 0. The summed E-state index contributed by atoms with van der Waals surface area (Å²) in [6.45, 7) is 14.1. The molecular weight excluding hydrogens is 550 g/mol. The first-order valence-corrected chi connectivity index (χ1v) is 15.4. The molecule has 1 heterocycles. The second-order valence-corrected chi connectivity index (χ2v) is 12.7. The summed E-state index contributed by atoms with van der Waals surface area (Å²) in [5.41, 5.74) is 0.211. The molecule has 4 amide bonds. The predicted molar refractivity (Wildman–Crippen MR) is 165 cm³/mol. The van der Waals surface area contributed by atoms with Crippen LogP contribution in [0.5, 0.6) is 0 Å². The van der Waals surface area contributed by atoms with E-state index in [4.69, 9.17) is 4.74 Å². The maximum Gasteiger partial charge on any atom is 0.289 e. The number of ether oxygens (including phenoxy) is 1. The van der Waals surface area contributed by atoms with Crippen LogP contribution in [0, 0.1) is 11.3 Å². The van der Waals surface area contributed by atoms with Crippen LogP contribution in [-0.4, -0.2) is 85.3 Å². The molecule has 0 aliphatic carbocycles. The van der Waals surface area contributed by atoms with Gasteiger partial charge in [-0.25, -0.2) is 0 Å². The van der Waals surface area contributed by atoms with Crippen molar-refractivity contribution in [3.8, 4) is 0 Å². The molecule has 240 valence electrons. The predicted octanol–water partition coefficient (Wildman–Crippen LogP) is 1.94. The topological polar surface area (TPSA) is 146 Å². The van der Waals surface area contributed by atoms with Gasteiger partial charge >= 0.3 is 0 Å². The van der Waals surface area contributed by atoms with E-state index < -0.39 is 47.0 Å². The van der Waals surface area contributed by atoms with E-state index in [1.54, 1.807) is 0 Å². The number of morpholine rings is 1. The number of nitrogens with zero attached hydrogens (tertiary/aromatic N) is 1. The van der Waals surface area contributed by atoms with Gasteiger partial charge < -0.3 is 26.0 Å². The smallest absolute Gasteiger partial charge is 0.289 e. The van der Waals surface area contributed by atoms with Crippen LogP contribution in [0.4, 0.5) is 0 Å². The van der Waals surface area contributed by atoms with E-state index >= 15 is 0 Å². The van der Waals surface area contributed by atoms with E-state index in [9.17, 15) is 24.0 Å². The van der Waals surface area contributed by atoms with Crippen molar-refractivity contribution < 1.29 is 28.7 Å². The molecule has 0 unspecified atom stereocenters. The molecule has 0 aromatic heterocycles. The van der Waals surface area contributed by atoms with E-state index in [0.717, 1.165) is 12.0 Å². The first-order chi connectivity index (χ1) is 20.3. The van der Waals surface area contributed by atoms with Gasteiger partial charge in [0.1, 0.15) is 12.1 Å². The lowest BCUT2D eigenvalue weighted by atomic mass is 9.85. The molecule has 4 N–H and O–H groups in total. The summed E-state index contributed by atoms with van der Waals surface area (Å²) in [6.07, 6.45) is 2.01. The van der Waals surface area contributed by atoms with Crippen molar-refractivity contribution in [1.82, 2.24) is 26.2 Å². The lowest BCUT2D eigenvalue weighted by Gasteiger charge is -2.33. The number of rotatable bonds is 16. The van der Waals surface area contributed by atoms with Crippen LogP contribution < -0.4 is 21.3 Å². The average molecular weight is 602 g/mol. The van der Waals surface area contributed by atoms with E-state index in [0.29, 0.717) is 45.6 Å². The third-order valence-electron chi connectivity index (χ3n) is 7.24. The molecular formula is C32H51N5O6. The Bertz CT molecular complexity index is 1070. The highest BCUT2D eigenvalue weighted by Crippen LogP contribution is 2.20. The van der Waals surface area contributed by atoms with Crippen molar-refractivity contribution in [3.05, 3.63) is 35.9 Å². The van der Waals surface area contributed by atoms with Gasteiger partial charge in [-0.3, -0.25) is 28.9 Å². The summed E-state index contributed by atoms with van der Waals surface area (Å²) < 4.78 is 5.34. The molecule has 1 saturated heterocycles. The minimum Gasteiger partial charge on any atom is -0.379 e. The summed E-state index contributed by atoms with van der Waals surface area (Å²) in [4.78, 5) is 67.8. The fraction of sp³-hybridized carbons (Fsp3) is 0.656. The van der Waals surface area contributed by atoms with Crippen LogP contribution in [0.1, 0.15) is 72.8 Å². The molecule has 1 fully saturated rings. The molecule has 0 spiro atoms. The van der Waals surface area contributed by atoms with Crippen LogP contribution in [-0.2, 0) is 35.3 Å². The van der Waals surface area contributed by atoms with E-state index in [2.05, 4.69) is 21.3 Å². The number of Topliss-reactive ketones (excluding diaryl/α,β-unsaturated/α-hetero) is 1. The summed E-state index contributed by atoms with van der Waals surface area (Å²) in [6, 6.07) is 6.35. The summed E-state index contributed by atoms with van der Waals surface area (Å²) in [5, 5.41) is 11.1. The second-order valence-electron chi connectivity index (χ2n) is 12.7. The summed E-state index contributed by atoms with van der Waals surface area (Å²) in [7, 11) is 0. The highest BCUT2D eigenvalue weighted by atomic mass is 16.5. The molecule has 0 bridgehead atoms. The van der Waals surface area contributed by atoms with Crippen molar-refractivity contribution in [1.29, 1.82) is 0 Å². The van der Waals surface area contributed by atoms with E-state index in [1.165, 1.54) is 0 Å². The SMILES string of the molecule is CCCC[C@H](NC(=O)[C@H](CC(C)C)NC(=O)[C@@H](NC(=O)CN1CCOCC1)C(C)(C)C)C(=O)C(=O)NCc1ccccc1. The van der Waals surface area contributed by atoms with Gasteiger partial charge in [0.25, 0.3) is 5.91 Å². The monoisotopic (exact) mass is 601 g/mol. The zero-order valence-corrected chi connectivity index (χ0v) is 26.7. The lowest BCUT2D eigenvalue weighted by molar-refractivity contribution is -0.141. The summed E-state index contributed by atoms with van der Waals surface area (Å²) in [5.74, 6) is -2.77. The van der Waals surface area contributed by atoms with Gasteiger partial charge in [0.05, 0.1) is 25.8 Å². The maximum absolute atomic E-state index is 13.6. The van der Waals surface area contributed by atoms with Gasteiger partial charge in [-0.2, -0.15) is 0 Å². The van der Waals surface area contributed by atoms with Gasteiger partial charge in [-0.15, -0.1) is 0 Å². The minimum atomic E-state index is -1.03. The van der Waals surface area contributed by atoms with Crippen molar-refractivity contribution >= 4 is 29.4 Å². The quantitative estimate of drug-likeness (QED) is 0.212. The molecule has 1 aliphatic heterocycles. The number of amides is 4. The number of unbranched alkanes of at least 4 members (excludes halogenated alkanes) is 1. The zero-order valence-electron chi connectivity index (χ0n) is 26.7. The number of hydrogen-bond acceptors (Lipinski definition) is 7. The molecule has 11 nitrogen and oxygen atoms in total. The van der Waals surface area contributed by atoms with E-state index in [1.807, 2.05) is 76.8 Å². The molecule has 0 radical (unpaired) electrons. The molecule has 11 heteroatoms. The standard InChI is InChI=1S/C32H51N5O6/c1-7-8-14-24(27(39)30(41)33-20-23-12-10-9-11-13-23)34-29(40)25(19-22(2)3)35-31(42)28(32(4,5)6)36-26(38)21-37-15-17-43-18-16-37/h9-13,22,24-25,28H,7-8,14-21H2,1-6H3,(H,33,41)(H,34,40)(H,35,42)(H,36,38)/t24-,25-,28+/m0/s1. The Kier molecular flexibility index (Phi) is 14.8. The van der Waals surface area contributed by atoms with Crippen molar-refractivity contribution in [2.45, 2.75) is 91.9 Å². The molecule has 43 heavy (non-hydrogen) atoms. The third-order valence-corrected chi connectivity index (χ3v) is 7.24. The van der Waals surface area contributed by atoms with Crippen LogP contribution >= 0.6 is 0 Å². The minimum absolute atomic E-state index is 0.0408. The van der Waals surface area contributed by atoms with Crippen LogP contribution in [0.3, 0.4) is 0 Å². The zero-order chi connectivity index (χ0) is 32.0. The normalized spacial score (nSPS) is 16.1. The Morgan fingerprint density at radius 1 is 0.907 bits per heavy atom. The fourth-order valence-electron chi connectivity index (χ4n) is 4.78. The second kappa shape index (κ2) is 17.7. The van der Waals surface area contributed by atoms with Crippen LogP contribution in [0.2, 0.25) is 0 Å². The molecule has 2 rings (SSSR count). The van der Waals surface area contributed by atoms with Gasteiger partial charge in [0.15, 0.2) is 0 Å². The van der Waals surface area contributed by atoms with Crippen LogP contribution in [0.15, 0.2) is 30.3 Å². The largest absolute Gasteiger partial charge is 0.379 e. The average Bonchev–Trinajstić information content (AvgIpc) is 2.96. The van der Waals surface area contributed by atoms with E-state index in [-0.39, 0.29) is 24.9 Å². The Morgan fingerprint density at radius 2 is 1.53 bits per heavy atom. The van der Waals surface area contributed by atoms with Gasteiger partial charge in [0, 0.05) is 19.6 Å². The molecule has 0 saturated carbocycles. The number of carbonyl (C=O) groups is 5. The van der Waals surface area contributed by atoms with Crippen LogP contribution in [0.25, 0.3) is 0 Å². The maximum atomic E-state index is 13.6. The first kappa shape index (κ1) is 35.9. The highest BCUT2D eigenvalue weighted by Gasteiger charge is 2.36. The van der Waals surface area contributed by atoms with Crippen molar-refractivity contribution in [2.24, 2.45) is 11.3 Å². The first-order valence-electron chi connectivity index (χ1n) is 15.4. The lowest BCUT2D eigenvalue weighted by Crippen LogP contribution is -2.60.